The van der Waals surface area contributed by atoms with Gasteiger partial charge in [-0.15, -0.1) is 0 Å². The van der Waals surface area contributed by atoms with Gasteiger partial charge in [-0.05, 0) is 25.7 Å². The molecule has 1 fully saturated rings. The van der Waals surface area contributed by atoms with Gasteiger partial charge in [0, 0.05) is 12.3 Å². The van der Waals surface area contributed by atoms with E-state index in [1.54, 1.807) is 0 Å². The second-order valence-electron chi connectivity index (χ2n) is 3.65. The Bertz CT molecular complexity index is 213. The Labute approximate surface area is 80.7 Å². The fraction of sp³-hybridized carbons (Fsp3) is 0.818. The summed E-state index contributed by atoms with van der Waals surface area (Å²) in [5.74, 6) is 0.140. The van der Waals surface area contributed by atoms with Crippen LogP contribution in [0.5, 0.6) is 0 Å². The summed E-state index contributed by atoms with van der Waals surface area (Å²) in [6, 6.07) is 2.32. The molecule has 1 unspecified atom stereocenters. The highest BCUT2D eigenvalue weighted by Crippen LogP contribution is 2.21. The average molecular weight is 178 g/mol. The van der Waals surface area contributed by atoms with Gasteiger partial charge in [0.05, 0.1) is 12.0 Å². The quantitative estimate of drug-likeness (QED) is 0.610. The molecule has 0 aliphatic heterocycles. The Balaban J connectivity index is 2.29. The summed E-state index contributed by atoms with van der Waals surface area (Å²) < 4.78 is 0. The summed E-state index contributed by atoms with van der Waals surface area (Å²) in [5.41, 5.74) is 1.17. The summed E-state index contributed by atoms with van der Waals surface area (Å²) in [7, 11) is 0. The van der Waals surface area contributed by atoms with Crippen molar-refractivity contribution in [1.29, 1.82) is 5.26 Å². The van der Waals surface area contributed by atoms with Crippen molar-refractivity contribution in [2.45, 2.75) is 45.4 Å². The molecular weight excluding hydrogens is 160 g/mol. The molecule has 2 nitrogen and oxygen atoms in total. The van der Waals surface area contributed by atoms with Crippen LogP contribution in [0.4, 0.5) is 0 Å². The van der Waals surface area contributed by atoms with Crippen LogP contribution in [-0.2, 0) is 0 Å². The Morgan fingerprint density at radius 3 is 3.08 bits per heavy atom. The van der Waals surface area contributed by atoms with Crippen molar-refractivity contribution in [2.24, 2.45) is 10.9 Å². The van der Waals surface area contributed by atoms with Crippen molar-refractivity contribution in [1.82, 2.24) is 0 Å². The zero-order valence-corrected chi connectivity index (χ0v) is 8.42. The van der Waals surface area contributed by atoms with Gasteiger partial charge in [0.15, 0.2) is 0 Å². The van der Waals surface area contributed by atoms with E-state index in [-0.39, 0.29) is 5.92 Å². The van der Waals surface area contributed by atoms with Gasteiger partial charge in [0.2, 0.25) is 0 Å². The minimum atomic E-state index is 0.140. The highest BCUT2D eigenvalue weighted by atomic mass is 14.7. The molecule has 0 amide bonds. The highest BCUT2D eigenvalue weighted by Gasteiger charge is 2.21. The summed E-state index contributed by atoms with van der Waals surface area (Å²) in [6.45, 7) is 3.13. The molecule has 2 heteroatoms. The molecule has 1 rings (SSSR count). The predicted octanol–water partition coefficient (Wildman–Crippen LogP) is 2.94. The fourth-order valence-electron chi connectivity index (χ4n) is 1.74. The van der Waals surface area contributed by atoms with E-state index >= 15 is 0 Å². The number of rotatable bonds is 4. The van der Waals surface area contributed by atoms with E-state index in [0.717, 1.165) is 25.8 Å². The second-order valence-corrected chi connectivity index (χ2v) is 3.65. The molecule has 0 spiro atoms. The molecule has 0 saturated heterocycles. The molecule has 13 heavy (non-hydrogen) atoms. The van der Waals surface area contributed by atoms with Gasteiger partial charge in [-0.3, -0.25) is 4.99 Å². The van der Waals surface area contributed by atoms with Gasteiger partial charge in [-0.25, -0.2) is 0 Å². The summed E-state index contributed by atoms with van der Waals surface area (Å²) in [6.07, 6.45) is 6.93. The van der Waals surface area contributed by atoms with Crippen LogP contribution in [-0.4, -0.2) is 12.3 Å². The average Bonchev–Trinajstić information content (AvgIpc) is 2.60. The Morgan fingerprint density at radius 1 is 1.54 bits per heavy atom. The van der Waals surface area contributed by atoms with Gasteiger partial charge < -0.3 is 0 Å². The van der Waals surface area contributed by atoms with Gasteiger partial charge in [0.1, 0.15) is 0 Å². The first kappa shape index (κ1) is 10.2. The zero-order valence-electron chi connectivity index (χ0n) is 8.42. The first-order valence-corrected chi connectivity index (χ1v) is 5.31. The van der Waals surface area contributed by atoms with Crippen molar-refractivity contribution in [2.75, 3.05) is 6.54 Å². The fourth-order valence-corrected chi connectivity index (χ4v) is 1.74. The highest BCUT2D eigenvalue weighted by molar-refractivity contribution is 5.90. The minimum Gasteiger partial charge on any atom is -0.293 e. The molecule has 1 saturated carbocycles. The SMILES string of the molecule is CCCCC/N=C1\CCCC1C#N. The molecule has 0 radical (unpaired) electrons. The normalized spacial score (nSPS) is 24.9. The van der Waals surface area contributed by atoms with Gasteiger partial charge in [-0.2, -0.15) is 5.26 Å². The lowest BCUT2D eigenvalue weighted by atomic mass is 10.1. The van der Waals surface area contributed by atoms with Crippen LogP contribution in [0.3, 0.4) is 0 Å². The number of unbranched alkanes of at least 4 members (excludes halogenated alkanes) is 2. The third-order valence-corrected chi connectivity index (χ3v) is 2.56. The second kappa shape index (κ2) is 5.75. The Hall–Kier alpha value is -0.840. The molecule has 72 valence electrons. The lowest BCUT2D eigenvalue weighted by Gasteiger charge is -2.00. The van der Waals surface area contributed by atoms with Gasteiger partial charge in [0.25, 0.3) is 0 Å². The maximum Gasteiger partial charge on any atom is 0.0841 e. The van der Waals surface area contributed by atoms with Crippen LogP contribution in [0.15, 0.2) is 4.99 Å². The number of hydrogen-bond donors (Lipinski definition) is 0. The van der Waals surface area contributed by atoms with Crippen molar-refractivity contribution in [3.8, 4) is 6.07 Å². The van der Waals surface area contributed by atoms with Gasteiger partial charge >= 0.3 is 0 Å². The molecule has 0 bridgehead atoms. The van der Waals surface area contributed by atoms with E-state index in [4.69, 9.17) is 5.26 Å². The molecule has 0 N–H and O–H groups in total. The molecule has 0 aromatic carbocycles. The van der Waals surface area contributed by atoms with Crippen molar-refractivity contribution in [3.63, 3.8) is 0 Å². The third-order valence-electron chi connectivity index (χ3n) is 2.56. The zero-order chi connectivity index (χ0) is 9.52. The van der Waals surface area contributed by atoms with E-state index in [9.17, 15) is 0 Å². The number of aliphatic imine (C=N–C) groups is 1. The van der Waals surface area contributed by atoms with E-state index in [1.165, 1.54) is 25.0 Å². The first-order valence-electron chi connectivity index (χ1n) is 5.31. The largest absolute Gasteiger partial charge is 0.293 e. The van der Waals surface area contributed by atoms with Crippen molar-refractivity contribution in [3.05, 3.63) is 0 Å². The molecule has 1 aliphatic rings. The standard InChI is InChI=1S/C11H18N2/c1-2-3-4-8-13-11-7-5-6-10(11)9-12/h10H,2-8H2,1H3/b13-11+. The van der Waals surface area contributed by atoms with Crippen LogP contribution in [0.25, 0.3) is 0 Å². The third kappa shape index (κ3) is 3.18. The Kier molecular flexibility index (Phi) is 4.53. The van der Waals surface area contributed by atoms with E-state index in [0.29, 0.717) is 0 Å². The maximum atomic E-state index is 8.81. The van der Waals surface area contributed by atoms with Crippen LogP contribution in [0.1, 0.15) is 45.4 Å². The van der Waals surface area contributed by atoms with Crippen LogP contribution in [0.2, 0.25) is 0 Å². The molecular formula is C11H18N2. The molecule has 0 aromatic heterocycles. The number of nitrogens with zero attached hydrogens (tertiary/aromatic N) is 2. The number of nitriles is 1. The summed E-state index contributed by atoms with van der Waals surface area (Å²) in [5, 5.41) is 8.81. The smallest absolute Gasteiger partial charge is 0.0841 e. The number of hydrogen-bond acceptors (Lipinski definition) is 2. The first-order chi connectivity index (χ1) is 6.38. The maximum absolute atomic E-state index is 8.81. The summed E-state index contributed by atoms with van der Waals surface area (Å²) >= 11 is 0. The molecule has 1 atom stereocenters. The topological polar surface area (TPSA) is 36.1 Å². The van der Waals surface area contributed by atoms with E-state index in [1.807, 2.05) is 0 Å². The van der Waals surface area contributed by atoms with Crippen molar-refractivity contribution >= 4 is 5.71 Å². The lowest BCUT2D eigenvalue weighted by Crippen LogP contribution is -2.04. The van der Waals surface area contributed by atoms with Crippen molar-refractivity contribution < 1.29 is 0 Å². The van der Waals surface area contributed by atoms with Crippen LogP contribution < -0.4 is 0 Å². The van der Waals surface area contributed by atoms with E-state index in [2.05, 4.69) is 18.0 Å². The van der Waals surface area contributed by atoms with Gasteiger partial charge in [-0.1, -0.05) is 19.8 Å². The molecule has 1 aliphatic carbocycles. The monoisotopic (exact) mass is 178 g/mol. The van der Waals surface area contributed by atoms with Crippen LogP contribution in [0, 0.1) is 17.2 Å². The summed E-state index contributed by atoms with van der Waals surface area (Å²) in [4.78, 5) is 4.51. The predicted molar refractivity (Wildman–Crippen MR) is 54.8 cm³/mol. The minimum absolute atomic E-state index is 0.140. The lowest BCUT2D eigenvalue weighted by molar-refractivity contribution is 0.725. The van der Waals surface area contributed by atoms with E-state index < -0.39 is 0 Å². The Morgan fingerprint density at radius 2 is 2.38 bits per heavy atom. The molecule has 0 heterocycles. The van der Waals surface area contributed by atoms with Crippen LogP contribution >= 0.6 is 0 Å². The molecule has 0 aromatic rings.